The maximum atomic E-state index is 12.2. The third kappa shape index (κ3) is 3.88. The summed E-state index contributed by atoms with van der Waals surface area (Å²) in [6.07, 6.45) is 7.11. The summed E-state index contributed by atoms with van der Waals surface area (Å²) in [4.78, 5) is 22.4. The number of carbonyl (C=O) groups is 1. The second-order valence-corrected chi connectivity index (χ2v) is 7.38. The lowest BCUT2D eigenvalue weighted by Crippen LogP contribution is -2.14. The summed E-state index contributed by atoms with van der Waals surface area (Å²) in [5.74, 6) is -0.405. The zero-order valence-corrected chi connectivity index (χ0v) is 15.4. The van der Waals surface area contributed by atoms with Gasteiger partial charge in [0.25, 0.3) is 5.69 Å². The van der Waals surface area contributed by atoms with Gasteiger partial charge in [0.15, 0.2) is 0 Å². The van der Waals surface area contributed by atoms with E-state index in [-0.39, 0.29) is 16.2 Å². The van der Waals surface area contributed by atoms with Gasteiger partial charge in [0.05, 0.1) is 15.5 Å². The summed E-state index contributed by atoms with van der Waals surface area (Å²) < 4.78 is 30.0. The molecule has 0 radical (unpaired) electrons. The van der Waals surface area contributed by atoms with Gasteiger partial charge in [-0.25, -0.2) is 4.21 Å². The van der Waals surface area contributed by atoms with Crippen LogP contribution >= 0.6 is 0 Å². The van der Waals surface area contributed by atoms with Crippen LogP contribution in [0.2, 0.25) is 0 Å². The summed E-state index contributed by atoms with van der Waals surface area (Å²) in [7, 11) is -4.13. The molecule has 3 rings (SSSR count). The lowest BCUT2D eigenvalue weighted by molar-refractivity contribution is -0.384. The molecule has 0 aliphatic heterocycles. The number of fused-ring (bicyclic) bond motifs is 1. The van der Waals surface area contributed by atoms with E-state index in [1.165, 1.54) is 48.6 Å². The van der Waals surface area contributed by atoms with Crippen molar-refractivity contribution in [3.8, 4) is 0 Å². The normalized spacial score (nSPS) is 16.6. The lowest BCUT2D eigenvalue weighted by atomic mass is 9.92. The van der Waals surface area contributed by atoms with Crippen LogP contribution in [0, 0.1) is 10.1 Å². The average Bonchev–Trinajstić information content (AvgIpc) is 2.65. The number of nitro benzene ring substituents is 1. The first-order valence-electron chi connectivity index (χ1n) is 8.12. The summed E-state index contributed by atoms with van der Waals surface area (Å²) in [6.45, 7) is 1.82. The number of carbonyl (C=O) groups excluding carboxylic acids is 1. The molecule has 0 saturated heterocycles. The van der Waals surface area contributed by atoms with Crippen molar-refractivity contribution in [1.29, 1.82) is 0 Å². The van der Waals surface area contributed by atoms with Gasteiger partial charge in [0, 0.05) is 17.7 Å². The number of ketones is 1. The first kappa shape index (κ1) is 19.5. The fourth-order valence-electron chi connectivity index (χ4n) is 2.71. The molecule has 2 N–H and O–H groups in total. The molecule has 0 fully saturated rings. The highest BCUT2D eigenvalue weighted by atomic mass is 32.2. The van der Waals surface area contributed by atoms with Gasteiger partial charge in [0.2, 0.25) is 15.9 Å². The minimum absolute atomic E-state index is 0.0202. The molecule has 9 nitrogen and oxygen atoms in total. The number of aryl methyl sites for hydroxylation is 1. The number of non-ortho nitro benzene ring substituents is 1. The number of azo groups is 1. The van der Waals surface area contributed by atoms with Crippen molar-refractivity contribution in [2.45, 2.75) is 13.3 Å². The van der Waals surface area contributed by atoms with Crippen LogP contribution in [0.4, 0.5) is 11.4 Å². The van der Waals surface area contributed by atoms with Gasteiger partial charge in [-0.1, -0.05) is 19.1 Å². The van der Waals surface area contributed by atoms with Gasteiger partial charge in [-0.2, -0.15) is 5.11 Å². The molecule has 0 saturated carbocycles. The van der Waals surface area contributed by atoms with Crippen molar-refractivity contribution in [2.75, 3.05) is 0 Å². The van der Waals surface area contributed by atoms with Crippen LogP contribution in [-0.2, 0) is 21.3 Å². The molecule has 1 aromatic carbocycles. The first-order chi connectivity index (χ1) is 13.2. The Hall–Kier alpha value is -3.21. The number of nitrogens with zero attached hydrogens (tertiary/aromatic N) is 3. The quantitative estimate of drug-likeness (QED) is 0.342. The molecule has 0 bridgehead atoms. The molecule has 0 spiro atoms. The molecule has 2 aliphatic carbocycles. The second kappa shape index (κ2) is 7.43. The van der Waals surface area contributed by atoms with Crippen molar-refractivity contribution in [3.05, 3.63) is 81.1 Å². The highest BCUT2D eigenvalue weighted by molar-refractivity contribution is 7.92. The van der Waals surface area contributed by atoms with Crippen LogP contribution in [0.5, 0.6) is 0 Å². The number of hydrogen-bond donors (Lipinski definition) is 2. The number of benzene rings is 1. The second-order valence-electron chi connectivity index (χ2n) is 5.92. The van der Waals surface area contributed by atoms with E-state index in [1.807, 2.05) is 6.92 Å². The van der Waals surface area contributed by atoms with Crippen molar-refractivity contribution in [3.63, 3.8) is 0 Å². The third-order valence-corrected chi connectivity index (χ3v) is 5.01. The Bertz CT molecular complexity index is 1160. The molecule has 0 amide bonds. The number of rotatable bonds is 4. The summed E-state index contributed by atoms with van der Waals surface area (Å²) in [5, 5.41) is 19.0. The Balaban J connectivity index is 2.04. The standard InChI is InChI=1S/C18H15N3O6S/c1-2-11-9-13(21(23)24)4-7-16(11)19-20-18-15-6-5-14(28(25,26)27)10-12(15)3-8-17(18)22/h3-10H,2H2,1H3,(H2,25,26,27). The maximum absolute atomic E-state index is 12.2. The molecule has 0 atom stereocenters. The molecular formula is C18H15N3O6S. The summed E-state index contributed by atoms with van der Waals surface area (Å²) in [6, 6.07) is 4.17. The van der Waals surface area contributed by atoms with E-state index in [0.717, 1.165) is 0 Å². The zero-order chi connectivity index (χ0) is 20.5. The van der Waals surface area contributed by atoms with Crippen LogP contribution in [0.3, 0.4) is 0 Å². The lowest BCUT2D eigenvalue weighted by Gasteiger charge is -2.16. The third-order valence-electron chi connectivity index (χ3n) is 4.15. The molecule has 0 heterocycles. The van der Waals surface area contributed by atoms with Crippen molar-refractivity contribution in [2.24, 2.45) is 10.2 Å². The molecule has 1 aromatic rings. The van der Waals surface area contributed by atoms with Crippen LogP contribution in [-0.4, -0.2) is 28.9 Å². The van der Waals surface area contributed by atoms with Crippen LogP contribution < -0.4 is 0 Å². The molecule has 28 heavy (non-hydrogen) atoms. The zero-order valence-electron chi connectivity index (χ0n) is 14.6. The Labute approximate surface area is 160 Å². The van der Waals surface area contributed by atoms with Crippen molar-refractivity contribution in [1.82, 2.24) is 0 Å². The SMILES string of the molecule is CCc1cc([N+](=O)[O-])ccc1N=NC1=C2C=CC(=S(=O)(O)O)C=C2C=CC1=O. The van der Waals surface area contributed by atoms with E-state index in [9.17, 15) is 28.2 Å². The minimum Gasteiger partial charge on any atom is -0.293 e. The molecule has 0 aromatic heterocycles. The molecule has 2 aliphatic rings. The van der Waals surface area contributed by atoms with Gasteiger partial charge in [-0.15, -0.1) is 5.11 Å². The highest BCUT2D eigenvalue weighted by Gasteiger charge is 2.22. The maximum Gasteiger partial charge on any atom is 0.269 e. The summed E-state index contributed by atoms with van der Waals surface area (Å²) >= 11 is 0. The highest BCUT2D eigenvalue weighted by Crippen LogP contribution is 2.30. The number of allylic oxidation sites excluding steroid dienone is 7. The monoisotopic (exact) mass is 401 g/mol. The van der Waals surface area contributed by atoms with Crippen molar-refractivity contribution < 1.29 is 23.0 Å². The molecule has 144 valence electrons. The van der Waals surface area contributed by atoms with Crippen LogP contribution in [0.15, 0.2) is 75.7 Å². The van der Waals surface area contributed by atoms with E-state index < -0.39 is 20.8 Å². The van der Waals surface area contributed by atoms with Gasteiger partial charge in [-0.3, -0.25) is 24.0 Å². The smallest absolute Gasteiger partial charge is 0.269 e. The van der Waals surface area contributed by atoms with E-state index in [1.54, 1.807) is 0 Å². The minimum atomic E-state index is -4.13. The van der Waals surface area contributed by atoms with E-state index in [2.05, 4.69) is 10.2 Å². The molecule has 10 heteroatoms. The van der Waals surface area contributed by atoms with Gasteiger partial charge >= 0.3 is 0 Å². The van der Waals surface area contributed by atoms with Crippen molar-refractivity contribution >= 4 is 32.1 Å². The fraction of sp³-hybridized carbons (Fsp3) is 0.111. The van der Waals surface area contributed by atoms with Gasteiger partial charge in [0.1, 0.15) is 5.70 Å². The Morgan fingerprint density at radius 1 is 1.14 bits per heavy atom. The first-order valence-corrected chi connectivity index (χ1v) is 9.60. The van der Waals surface area contributed by atoms with Gasteiger partial charge < -0.3 is 0 Å². The molecular weight excluding hydrogens is 386 g/mol. The Kier molecular flexibility index (Phi) is 5.18. The number of hydrogen-bond acceptors (Lipinski definition) is 6. The topological polar surface area (TPSA) is 142 Å². The molecule has 0 unspecified atom stereocenters. The van der Waals surface area contributed by atoms with E-state index in [4.69, 9.17) is 0 Å². The van der Waals surface area contributed by atoms with Gasteiger partial charge in [-0.05, 0) is 41.9 Å². The van der Waals surface area contributed by atoms with Crippen LogP contribution in [0.1, 0.15) is 12.5 Å². The number of nitro groups is 1. The average molecular weight is 401 g/mol. The largest absolute Gasteiger partial charge is 0.293 e. The van der Waals surface area contributed by atoms with Crippen LogP contribution in [0.25, 0.3) is 0 Å². The predicted octanol–water partition coefficient (Wildman–Crippen LogP) is 3.53. The van der Waals surface area contributed by atoms with E-state index in [0.29, 0.717) is 28.8 Å². The van der Waals surface area contributed by atoms with E-state index >= 15 is 0 Å². The Morgan fingerprint density at radius 3 is 2.54 bits per heavy atom. The predicted molar refractivity (Wildman–Crippen MR) is 104 cm³/mol. The summed E-state index contributed by atoms with van der Waals surface area (Å²) in [5.41, 5.74) is 1.79. The Morgan fingerprint density at radius 2 is 1.89 bits per heavy atom. The fourth-order valence-corrected chi connectivity index (χ4v) is 3.24.